The van der Waals surface area contributed by atoms with E-state index in [2.05, 4.69) is 4.98 Å². The minimum absolute atomic E-state index is 0.244. The van der Waals surface area contributed by atoms with Gasteiger partial charge in [0.15, 0.2) is 6.23 Å². The number of ether oxygens (including phenoxy) is 2. The number of rotatable bonds is 10. The second-order valence-corrected chi connectivity index (χ2v) is 11.3. The first-order valence-corrected chi connectivity index (χ1v) is 13.6. The van der Waals surface area contributed by atoms with Crippen molar-refractivity contribution >= 4 is 25.8 Å². The summed E-state index contributed by atoms with van der Waals surface area (Å²) < 4.78 is 37.2. The number of hydrogen-bond acceptors (Lipinski definition) is 10. The van der Waals surface area contributed by atoms with Crippen molar-refractivity contribution in [2.45, 2.75) is 58.3 Å². The van der Waals surface area contributed by atoms with Gasteiger partial charge in [-0.3, -0.25) is 18.9 Å². The number of esters is 1. The van der Waals surface area contributed by atoms with Crippen LogP contribution in [0, 0.1) is 17.5 Å². The predicted octanol–water partition coefficient (Wildman–Crippen LogP) is 2.71. The summed E-state index contributed by atoms with van der Waals surface area (Å²) >= 11 is 5.04. The Morgan fingerprint density at radius 3 is 2.53 bits per heavy atom. The van der Waals surface area contributed by atoms with E-state index in [9.17, 15) is 24.4 Å². The van der Waals surface area contributed by atoms with Crippen LogP contribution in [0.4, 0.5) is 0 Å². The number of carbonyl (C=O) groups is 1. The normalized spacial score (nSPS) is 24.3. The Kier molecular flexibility index (Phi) is 9.26. The van der Waals surface area contributed by atoms with Gasteiger partial charge in [-0.15, -0.1) is 0 Å². The topological polar surface area (TPSA) is 149 Å². The number of aromatic nitrogens is 2. The van der Waals surface area contributed by atoms with Crippen molar-refractivity contribution in [3.05, 3.63) is 57.2 Å². The van der Waals surface area contributed by atoms with E-state index in [1.807, 2.05) is 0 Å². The van der Waals surface area contributed by atoms with Gasteiger partial charge in [0.2, 0.25) is 0 Å². The minimum Gasteiger partial charge on any atom is -0.463 e. The first-order valence-electron chi connectivity index (χ1n) is 11.4. The van der Waals surface area contributed by atoms with Crippen LogP contribution in [0.1, 0.15) is 32.6 Å². The fraction of sp³-hybridized carbons (Fsp3) is 0.522. The molecule has 3 rings (SSSR count). The number of carbonyl (C=O) groups excluding carboxylic acids is 1. The van der Waals surface area contributed by atoms with E-state index in [0.717, 1.165) is 4.57 Å². The van der Waals surface area contributed by atoms with Gasteiger partial charge in [0.1, 0.15) is 28.7 Å². The third-order valence-corrected chi connectivity index (χ3v) is 7.88. The second kappa shape index (κ2) is 11.8. The smallest absolute Gasteiger partial charge is 0.380 e. The molecule has 36 heavy (non-hydrogen) atoms. The monoisotopic (exact) mass is 542 g/mol. The summed E-state index contributed by atoms with van der Waals surface area (Å²) in [6.45, 7) is 6.18. The quantitative estimate of drug-likeness (QED) is 0.232. The third-order valence-electron chi connectivity index (χ3n) is 5.43. The van der Waals surface area contributed by atoms with Crippen molar-refractivity contribution in [3.63, 3.8) is 0 Å². The van der Waals surface area contributed by atoms with Crippen LogP contribution >= 0.6 is 19.8 Å². The molecule has 0 amide bonds. The Balaban J connectivity index is 1.77. The number of nitrogens with one attached hydrogen (secondary N) is 1. The third kappa shape index (κ3) is 6.90. The zero-order valence-corrected chi connectivity index (χ0v) is 22.1. The summed E-state index contributed by atoms with van der Waals surface area (Å²) in [6.07, 6.45) is -4.55. The summed E-state index contributed by atoms with van der Waals surface area (Å²) in [5, 5.41) is 21.1. The number of benzene rings is 1. The van der Waals surface area contributed by atoms with Crippen molar-refractivity contribution in [3.8, 4) is 5.75 Å². The van der Waals surface area contributed by atoms with Gasteiger partial charge in [0, 0.05) is 11.8 Å². The second-order valence-electron chi connectivity index (χ2n) is 8.91. The largest absolute Gasteiger partial charge is 0.463 e. The zero-order chi connectivity index (χ0) is 26.6. The summed E-state index contributed by atoms with van der Waals surface area (Å²) in [5.41, 5.74) is -0.0587. The van der Waals surface area contributed by atoms with E-state index < -0.39 is 56.3 Å². The van der Waals surface area contributed by atoms with Gasteiger partial charge in [-0.2, -0.15) is 0 Å². The molecular formula is C23H31N2O9PS. The molecule has 0 radical (unpaired) electrons. The van der Waals surface area contributed by atoms with Crippen LogP contribution in [0.5, 0.6) is 5.75 Å². The highest BCUT2D eigenvalue weighted by atomic mass is 32.1. The van der Waals surface area contributed by atoms with Crippen molar-refractivity contribution in [1.29, 1.82) is 0 Å². The number of aliphatic hydroxyl groups is 2. The minimum atomic E-state index is -3.97. The molecule has 0 aliphatic carbocycles. The SMILES string of the molecule is Cc1cn([C@H]2O[C@@H](CO[P@@](=O)(C[C@@H](C)C(=O)OC(C)C)Oc3ccccc3)C(O)[C@H]2O)c(=O)[nH]c1=S. The molecule has 6 atom stereocenters. The molecule has 1 unspecified atom stereocenters. The molecule has 0 spiro atoms. The van der Waals surface area contributed by atoms with E-state index in [4.69, 9.17) is 30.7 Å². The average molecular weight is 543 g/mol. The van der Waals surface area contributed by atoms with Crippen molar-refractivity contribution in [2.24, 2.45) is 5.92 Å². The summed E-state index contributed by atoms with van der Waals surface area (Å²) in [6, 6.07) is 8.30. The standard InChI is InChI=1S/C23H31N2O9PS/c1-13(2)32-22(28)15(4)12-35(30,34-16-8-6-5-7-9-16)31-11-17-18(26)19(27)21(33-17)25-10-14(3)20(36)24-23(25)29/h5-10,13,15,17-19,21,26-27H,11-12H2,1-4H3,(H,24,29,36)/t15-,17+,18?,19-,21+,35+/m1/s1. The van der Waals surface area contributed by atoms with Crippen LogP contribution in [0.2, 0.25) is 0 Å². The number of H-pyrrole nitrogens is 1. The molecule has 13 heteroatoms. The van der Waals surface area contributed by atoms with Gasteiger partial charge >= 0.3 is 19.3 Å². The maximum Gasteiger partial charge on any atom is 0.380 e. The van der Waals surface area contributed by atoms with Gasteiger partial charge in [0.05, 0.1) is 24.8 Å². The van der Waals surface area contributed by atoms with Crippen molar-refractivity contribution in [1.82, 2.24) is 9.55 Å². The predicted molar refractivity (Wildman–Crippen MR) is 132 cm³/mol. The van der Waals surface area contributed by atoms with E-state index in [1.54, 1.807) is 58.0 Å². The van der Waals surface area contributed by atoms with Crippen LogP contribution in [-0.2, 0) is 23.4 Å². The number of nitrogens with zero attached hydrogens (tertiary/aromatic N) is 1. The first-order chi connectivity index (χ1) is 16.9. The molecule has 1 aromatic heterocycles. The molecule has 1 aliphatic heterocycles. The van der Waals surface area contributed by atoms with Crippen molar-refractivity contribution < 1.29 is 38.1 Å². The fourth-order valence-corrected chi connectivity index (χ4v) is 5.59. The highest BCUT2D eigenvalue weighted by molar-refractivity contribution is 7.71. The molecule has 2 heterocycles. The Morgan fingerprint density at radius 1 is 1.22 bits per heavy atom. The summed E-state index contributed by atoms with van der Waals surface area (Å²) in [4.78, 5) is 27.1. The summed E-state index contributed by atoms with van der Waals surface area (Å²) in [7, 11) is -3.97. The molecule has 1 fully saturated rings. The molecule has 3 N–H and O–H groups in total. The molecule has 1 aromatic carbocycles. The van der Waals surface area contributed by atoms with Crippen LogP contribution < -0.4 is 10.2 Å². The lowest BCUT2D eigenvalue weighted by Crippen LogP contribution is -2.36. The van der Waals surface area contributed by atoms with E-state index in [0.29, 0.717) is 5.56 Å². The van der Waals surface area contributed by atoms with Crippen LogP contribution in [-0.4, -0.2) is 62.9 Å². The van der Waals surface area contributed by atoms with Gasteiger partial charge < -0.3 is 24.2 Å². The van der Waals surface area contributed by atoms with Gasteiger partial charge in [-0.05, 0) is 32.9 Å². The lowest BCUT2D eigenvalue weighted by Gasteiger charge is -2.24. The van der Waals surface area contributed by atoms with E-state index >= 15 is 0 Å². The molecule has 2 aromatic rings. The van der Waals surface area contributed by atoms with Crippen molar-refractivity contribution in [2.75, 3.05) is 12.8 Å². The van der Waals surface area contributed by atoms with Gasteiger partial charge in [-0.1, -0.05) is 37.3 Å². The van der Waals surface area contributed by atoms with Crippen LogP contribution in [0.25, 0.3) is 0 Å². The van der Waals surface area contributed by atoms with Crippen LogP contribution in [0.3, 0.4) is 0 Å². The lowest BCUT2D eigenvalue weighted by atomic mass is 10.1. The Labute approximate surface area is 213 Å². The Morgan fingerprint density at radius 2 is 1.89 bits per heavy atom. The number of aryl methyl sites for hydroxylation is 1. The molecule has 11 nitrogen and oxygen atoms in total. The highest BCUT2D eigenvalue weighted by Crippen LogP contribution is 2.50. The Bertz CT molecular complexity index is 1220. The molecule has 1 aliphatic rings. The highest BCUT2D eigenvalue weighted by Gasteiger charge is 2.45. The first kappa shape index (κ1) is 28.2. The number of hydrogen-bond donors (Lipinski definition) is 3. The molecule has 0 saturated carbocycles. The molecule has 198 valence electrons. The number of aliphatic hydroxyl groups excluding tert-OH is 2. The molecular weight excluding hydrogens is 511 g/mol. The van der Waals surface area contributed by atoms with Gasteiger partial charge in [-0.25, -0.2) is 9.36 Å². The zero-order valence-electron chi connectivity index (χ0n) is 20.4. The summed E-state index contributed by atoms with van der Waals surface area (Å²) in [5.74, 6) is -1.12. The number of aromatic amines is 1. The lowest BCUT2D eigenvalue weighted by molar-refractivity contribution is -0.151. The number of para-hydroxylation sites is 1. The maximum atomic E-state index is 13.7. The van der Waals surface area contributed by atoms with Gasteiger partial charge in [0.25, 0.3) is 0 Å². The Hall–Kier alpha value is -2.34. The molecule has 0 bridgehead atoms. The molecule has 1 saturated heterocycles. The van der Waals surface area contributed by atoms with Crippen LogP contribution in [0.15, 0.2) is 41.3 Å². The fourth-order valence-electron chi connectivity index (χ4n) is 3.58. The van der Waals surface area contributed by atoms with E-state index in [1.165, 1.54) is 6.20 Å². The average Bonchev–Trinajstić information content (AvgIpc) is 3.08. The van der Waals surface area contributed by atoms with E-state index in [-0.39, 0.29) is 22.7 Å². The maximum absolute atomic E-state index is 13.7.